The van der Waals surface area contributed by atoms with Gasteiger partial charge in [0, 0.05) is 12.6 Å². The maximum Gasteiger partial charge on any atom is 0.0246 e. The first-order chi connectivity index (χ1) is 7.24. The predicted octanol–water partition coefficient (Wildman–Crippen LogP) is 2.87. The molecular weight excluding hydrogens is 184 g/mol. The molecule has 1 atom stereocenters. The van der Waals surface area contributed by atoms with Gasteiger partial charge in [-0.2, -0.15) is 0 Å². The molecule has 1 unspecified atom stereocenters. The van der Waals surface area contributed by atoms with E-state index in [0.717, 1.165) is 12.5 Å². The fourth-order valence-electron chi connectivity index (χ4n) is 2.49. The Morgan fingerprint density at radius 2 is 1.40 bits per heavy atom. The fraction of sp³-hybridized carbons (Fsp3) is 1.00. The van der Waals surface area contributed by atoms with Crippen molar-refractivity contribution >= 4 is 0 Å². The molecule has 0 saturated heterocycles. The Bertz CT molecular complexity index is 126. The van der Waals surface area contributed by atoms with Gasteiger partial charge in [-0.3, -0.25) is 4.90 Å². The van der Waals surface area contributed by atoms with Crippen LogP contribution in [-0.4, -0.2) is 30.6 Å². The first-order valence-electron chi connectivity index (χ1n) is 6.69. The van der Waals surface area contributed by atoms with Crippen LogP contribution in [0.1, 0.15) is 53.4 Å². The van der Waals surface area contributed by atoms with Gasteiger partial charge in [-0.15, -0.1) is 0 Å². The summed E-state index contributed by atoms with van der Waals surface area (Å²) in [5.41, 5.74) is 5.94. The fourth-order valence-corrected chi connectivity index (χ4v) is 2.49. The number of hydrogen-bond donors (Lipinski definition) is 1. The Morgan fingerprint density at radius 3 is 1.67 bits per heavy atom. The average molecular weight is 214 g/mol. The minimum Gasteiger partial charge on any atom is -0.329 e. The summed E-state index contributed by atoms with van der Waals surface area (Å²) < 4.78 is 0. The van der Waals surface area contributed by atoms with Crippen LogP contribution in [-0.2, 0) is 0 Å². The van der Waals surface area contributed by atoms with Crippen LogP contribution < -0.4 is 5.73 Å². The summed E-state index contributed by atoms with van der Waals surface area (Å²) in [6, 6.07) is 0.597. The zero-order chi connectivity index (χ0) is 11.7. The highest BCUT2D eigenvalue weighted by Crippen LogP contribution is 2.18. The van der Waals surface area contributed by atoms with Crippen LogP contribution in [0.2, 0.25) is 0 Å². The van der Waals surface area contributed by atoms with Gasteiger partial charge in [-0.05, 0) is 31.8 Å². The van der Waals surface area contributed by atoms with E-state index in [-0.39, 0.29) is 0 Å². The van der Waals surface area contributed by atoms with Crippen molar-refractivity contribution in [2.24, 2.45) is 11.7 Å². The van der Waals surface area contributed by atoms with Crippen LogP contribution in [0.15, 0.2) is 0 Å². The van der Waals surface area contributed by atoms with Crippen LogP contribution in [0.3, 0.4) is 0 Å². The van der Waals surface area contributed by atoms with E-state index in [1.54, 1.807) is 0 Å². The lowest BCUT2D eigenvalue weighted by molar-refractivity contribution is 0.139. The maximum atomic E-state index is 5.94. The standard InChI is InChI=1S/C13H30N2/c1-5-9-15(10-6-2)13(11-14)12(7-3)8-4/h12-13H,5-11,14H2,1-4H3. The highest BCUT2D eigenvalue weighted by molar-refractivity contribution is 4.78. The van der Waals surface area contributed by atoms with Crippen LogP contribution >= 0.6 is 0 Å². The summed E-state index contributed by atoms with van der Waals surface area (Å²) >= 11 is 0. The van der Waals surface area contributed by atoms with Gasteiger partial charge in [0.2, 0.25) is 0 Å². The monoisotopic (exact) mass is 214 g/mol. The summed E-state index contributed by atoms with van der Waals surface area (Å²) in [7, 11) is 0. The lowest BCUT2D eigenvalue weighted by Gasteiger charge is -2.35. The normalized spacial score (nSPS) is 13.8. The van der Waals surface area contributed by atoms with Crippen LogP contribution in [0.5, 0.6) is 0 Å². The molecule has 0 aliphatic rings. The highest BCUT2D eigenvalue weighted by atomic mass is 15.2. The molecule has 0 aliphatic carbocycles. The zero-order valence-electron chi connectivity index (χ0n) is 11.1. The van der Waals surface area contributed by atoms with Gasteiger partial charge < -0.3 is 5.73 Å². The molecule has 0 saturated carbocycles. The molecule has 2 nitrogen and oxygen atoms in total. The lowest BCUT2D eigenvalue weighted by atomic mass is 9.92. The summed E-state index contributed by atoms with van der Waals surface area (Å²) in [6.07, 6.45) is 4.97. The third-order valence-corrected chi connectivity index (χ3v) is 3.33. The first kappa shape index (κ1) is 14.9. The predicted molar refractivity (Wildman–Crippen MR) is 69.1 cm³/mol. The van der Waals surface area contributed by atoms with Gasteiger partial charge in [0.15, 0.2) is 0 Å². The van der Waals surface area contributed by atoms with Gasteiger partial charge in [0.1, 0.15) is 0 Å². The van der Waals surface area contributed by atoms with E-state index in [1.807, 2.05) is 0 Å². The molecule has 0 spiro atoms. The van der Waals surface area contributed by atoms with Crippen molar-refractivity contribution in [1.82, 2.24) is 4.90 Å². The number of rotatable bonds is 9. The molecule has 0 heterocycles. The molecule has 0 fully saturated rings. The van der Waals surface area contributed by atoms with Gasteiger partial charge >= 0.3 is 0 Å². The molecule has 2 N–H and O–H groups in total. The molecule has 0 aromatic heterocycles. The van der Waals surface area contributed by atoms with Crippen LogP contribution in [0.25, 0.3) is 0 Å². The van der Waals surface area contributed by atoms with Crippen LogP contribution in [0.4, 0.5) is 0 Å². The second kappa shape index (κ2) is 9.17. The summed E-state index contributed by atoms with van der Waals surface area (Å²) in [6.45, 7) is 12.3. The molecule has 2 heteroatoms. The van der Waals surface area contributed by atoms with Gasteiger partial charge in [0.05, 0.1) is 0 Å². The van der Waals surface area contributed by atoms with Crippen LogP contribution in [0, 0.1) is 5.92 Å². The van der Waals surface area contributed by atoms with Crippen molar-refractivity contribution < 1.29 is 0 Å². The van der Waals surface area contributed by atoms with E-state index in [0.29, 0.717) is 6.04 Å². The second-order valence-corrected chi connectivity index (χ2v) is 4.42. The number of hydrogen-bond acceptors (Lipinski definition) is 2. The molecule has 0 amide bonds. The topological polar surface area (TPSA) is 29.3 Å². The molecule has 15 heavy (non-hydrogen) atoms. The molecule has 92 valence electrons. The Balaban J connectivity index is 4.40. The lowest BCUT2D eigenvalue weighted by Crippen LogP contribution is -2.46. The van der Waals surface area contributed by atoms with E-state index in [4.69, 9.17) is 5.73 Å². The van der Waals surface area contributed by atoms with Crippen molar-refractivity contribution in [3.05, 3.63) is 0 Å². The van der Waals surface area contributed by atoms with Crippen molar-refractivity contribution in [3.63, 3.8) is 0 Å². The van der Waals surface area contributed by atoms with Crippen molar-refractivity contribution in [2.45, 2.75) is 59.4 Å². The largest absolute Gasteiger partial charge is 0.329 e. The first-order valence-corrected chi connectivity index (χ1v) is 6.69. The van der Waals surface area contributed by atoms with Crippen molar-refractivity contribution in [3.8, 4) is 0 Å². The minimum atomic E-state index is 0.597. The molecule has 0 aromatic carbocycles. The Kier molecular flexibility index (Phi) is 9.12. The van der Waals surface area contributed by atoms with Gasteiger partial charge in [-0.1, -0.05) is 40.5 Å². The molecule has 0 rings (SSSR count). The number of nitrogens with zero attached hydrogens (tertiary/aromatic N) is 1. The average Bonchev–Trinajstić information content (AvgIpc) is 2.25. The Hall–Kier alpha value is -0.0800. The highest BCUT2D eigenvalue weighted by Gasteiger charge is 2.22. The molecule has 0 bridgehead atoms. The summed E-state index contributed by atoms with van der Waals surface area (Å²) in [5, 5.41) is 0. The third kappa shape index (κ3) is 4.98. The van der Waals surface area contributed by atoms with E-state index < -0.39 is 0 Å². The maximum absolute atomic E-state index is 5.94. The molecule has 0 aliphatic heterocycles. The van der Waals surface area contributed by atoms with E-state index in [9.17, 15) is 0 Å². The molecular formula is C13H30N2. The van der Waals surface area contributed by atoms with Gasteiger partial charge in [-0.25, -0.2) is 0 Å². The summed E-state index contributed by atoms with van der Waals surface area (Å²) in [5.74, 6) is 0.771. The Morgan fingerprint density at radius 1 is 0.933 bits per heavy atom. The van der Waals surface area contributed by atoms with E-state index >= 15 is 0 Å². The van der Waals surface area contributed by atoms with E-state index in [2.05, 4.69) is 32.6 Å². The quantitative estimate of drug-likeness (QED) is 0.639. The van der Waals surface area contributed by atoms with Crippen molar-refractivity contribution in [1.29, 1.82) is 0 Å². The zero-order valence-corrected chi connectivity index (χ0v) is 11.1. The SMILES string of the molecule is CCCN(CCC)C(CN)C(CC)CC. The molecule has 0 radical (unpaired) electrons. The second-order valence-electron chi connectivity index (χ2n) is 4.42. The number of nitrogens with two attached hydrogens (primary N) is 1. The van der Waals surface area contributed by atoms with E-state index in [1.165, 1.54) is 38.8 Å². The minimum absolute atomic E-state index is 0.597. The Labute approximate surface area is 96.2 Å². The summed E-state index contributed by atoms with van der Waals surface area (Å²) in [4.78, 5) is 2.59. The molecule has 0 aromatic rings. The van der Waals surface area contributed by atoms with Gasteiger partial charge in [0.25, 0.3) is 0 Å². The third-order valence-electron chi connectivity index (χ3n) is 3.33. The smallest absolute Gasteiger partial charge is 0.0246 e. The van der Waals surface area contributed by atoms with Crippen molar-refractivity contribution in [2.75, 3.05) is 19.6 Å².